The van der Waals surface area contributed by atoms with E-state index in [1.54, 1.807) is 24.3 Å². The van der Waals surface area contributed by atoms with Gasteiger partial charge in [-0.25, -0.2) is 4.98 Å². The molecule has 0 saturated carbocycles. The highest BCUT2D eigenvalue weighted by molar-refractivity contribution is 7.99. The highest BCUT2D eigenvalue weighted by Crippen LogP contribution is 2.24. The van der Waals surface area contributed by atoms with Gasteiger partial charge in [0.25, 0.3) is 11.8 Å². The molecule has 0 aliphatic carbocycles. The maximum atomic E-state index is 12.3. The number of amides is 2. The average Bonchev–Trinajstić information content (AvgIpc) is 3.10. The molecule has 5 nitrogen and oxygen atoms in total. The van der Waals surface area contributed by atoms with Gasteiger partial charge in [0, 0.05) is 18.5 Å². The lowest BCUT2D eigenvalue weighted by molar-refractivity contribution is 0.0664. The summed E-state index contributed by atoms with van der Waals surface area (Å²) in [4.78, 5) is 30.3. The third kappa shape index (κ3) is 2.31. The maximum absolute atomic E-state index is 12.3. The first-order valence-corrected chi connectivity index (χ1v) is 8.24. The third-order valence-electron chi connectivity index (χ3n) is 3.83. The summed E-state index contributed by atoms with van der Waals surface area (Å²) in [6.45, 7) is 0.374. The van der Waals surface area contributed by atoms with Gasteiger partial charge in [-0.1, -0.05) is 30.0 Å². The van der Waals surface area contributed by atoms with E-state index in [1.165, 1.54) is 16.7 Å². The molecule has 6 heteroatoms. The van der Waals surface area contributed by atoms with E-state index >= 15 is 0 Å². The average molecular weight is 323 g/mol. The van der Waals surface area contributed by atoms with Crippen LogP contribution in [-0.2, 0) is 0 Å². The summed E-state index contributed by atoms with van der Waals surface area (Å²) >= 11 is 1.53. The first kappa shape index (κ1) is 14.0. The van der Waals surface area contributed by atoms with Gasteiger partial charge in [0.05, 0.1) is 22.8 Å². The summed E-state index contributed by atoms with van der Waals surface area (Å²) < 4.78 is 1.99. The van der Waals surface area contributed by atoms with Gasteiger partial charge in [-0.05, 0) is 24.3 Å². The Balaban J connectivity index is 1.46. The number of carbonyl (C=O) groups is 2. The van der Waals surface area contributed by atoms with Crippen molar-refractivity contribution in [1.82, 2.24) is 14.3 Å². The van der Waals surface area contributed by atoms with E-state index in [2.05, 4.69) is 4.98 Å². The number of pyridine rings is 1. The van der Waals surface area contributed by atoms with Crippen LogP contribution in [-0.4, -0.2) is 38.4 Å². The van der Waals surface area contributed by atoms with Gasteiger partial charge in [-0.15, -0.1) is 0 Å². The molecule has 2 amide bonds. The van der Waals surface area contributed by atoms with Crippen LogP contribution in [0.5, 0.6) is 0 Å². The summed E-state index contributed by atoms with van der Waals surface area (Å²) in [5.41, 5.74) is 2.01. The Morgan fingerprint density at radius 2 is 1.65 bits per heavy atom. The fraction of sp³-hybridized carbons (Fsp3) is 0.118. The van der Waals surface area contributed by atoms with Gasteiger partial charge in [0.15, 0.2) is 5.16 Å². The number of hydrogen-bond acceptors (Lipinski definition) is 4. The fourth-order valence-corrected chi connectivity index (χ4v) is 3.59. The summed E-state index contributed by atoms with van der Waals surface area (Å²) in [7, 11) is 0. The van der Waals surface area contributed by atoms with Gasteiger partial charge in [-0.2, -0.15) is 0 Å². The topological polar surface area (TPSA) is 54.7 Å². The fourth-order valence-electron chi connectivity index (χ4n) is 2.70. The van der Waals surface area contributed by atoms with Gasteiger partial charge < -0.3 is 0 Å². The van der Waals surface area contributed by atoms with Crippen LogP contribution < -0.4 is 0 Å². The molecule has 3 heterocycles. The van der Waals surface area contributed by atoms with Crippen molar-refractivity contribution in [3.8, 4) is 0 Å². The number of rotatable bonds is 4. The van der Waals surface area contributed by atoms with Crippen LogP contribution in [0, 0.1) is 0 Å². The summed E-state index contributed by atoms with van der Waals surface area (Å²) in [5.74, 6) is 0.192. The number of fused-ring (bicyclic) bond motifs is 2. The van der Waals surface area contributed by atoms with E-state index in [0.29, 0.717) is 23.4 Å². The molecule has 1 aliphatic rings. The standard InChI is InChI=1S/C17H13N3O2S/c21-15-13-6-1-2-7-14(13)16(22)20(15)9-10-23-17-18-11-12-5-3-4-8-19(12)17/h1-8,11H,9-10H2. The molecule has 0 spiro atoms. The minimum absolute atomic E-state index is 0.209. The Hall–Kier alpha value is -2.60. The van der Waals surface area contributed by atoms with E-state index in [4.69, 9.17) is 0 Å². The van der Waals surface area contributed by atoms with Crippen molar-refractivity contribution < 1.29 is 9.59 Å². The smallest absolute Gasteiger partial charge is 0.261 e. The Bertz CT molecular complexity index is 884. The molecule has 0 unspecified atom stereocenters. The predicted molar refractivity (Wildman–Crippen MR) is 87.7 cm³/mol. The second kappa shape index (κ2) is 5.55. The Morgan fingerprint density at radius 1 is 0.957 bits per heavy atom. The maximum Gasteiger partial charge on any atom is 0.261 e. The molecule has 0 N–H and O–H groups in total. The molecule has 114 valence electrons. The second-order valence-electron chi connectivity index (χ2n) is 5.19. The molecule has 0 atom stereocenters. The lowest BCUT2D eigenvalue weighted by Crippen LogP contribution is -2.31. The first-order chi connectivity index (χ1) is 11.3. The van der Waals surface area contributed by atoms with E-state index in [-0.39, 0.29) is 11.8 Å². The van der Waals surface area contributed by atoms with E-state index in [0.717, 1.165) is 10.7 Å². The molecule has 1 aliphatic heterocycles. The number of thioether (sulfide) groups is 1. The van der Waals surface area contributed by atoms with Crippen LogP contribution in [0.15, 0.2) is 60.0 Å². The lowest BCUT2D eigenvalue weighted by atomic mass is 10.1. The highest BCUT2D eigenvalue weighted by Gasteiger charge is 2.34. The van der Waals surface area contributed by atoms with E-state index < -0.39 is 0 Å². The van der Waals surface area contributed by atoms with Crippen molar-refractivity contribution in [3.63, 3.8) is 0 Å². The van der Waals surface area contributed by atoms with Crippen molar-refractivity contribution in [2.75, 3.05) is 12.3 Å². The number of imide groups is 1. The molecule has 0 saturated heterocycles. The van der Waals surface area contributed by atoms with Gasteiger partial charge in [-0.3, -0.25) is 18.9 Å². The van der Waals surface area contributed by atoms with Crippen LogP contribution in [0.25, 0.3) is 5.52 Å². The van der Waals surface area contributed by atoms with Crippen LogP contribution in [0.4, 0.5) is 0 Å². The molecule has 0 bridgehead atoms. The number of carbonyl (C=O) groups excluding carboxylic acids is 2. The van der Waals surface area contributed by atoms with Crippen LogP contribution in [0.1, 0.15) is 20.7 Å². The molecular formula is C17H13N3O2S. The van der Waals surface area contributed by atoms with Crippen LogP contribution >= 0.6 is 11.8 Å². The van der Waals surface area contributed by atoms with Crippen molar-refractivity contribution in [2.24, 2.45) is 0 Å². The first-order valence-electron chi connectivity index (χ1n) is 7.26. The number of hydrogen-bond donors (Lipinski definition) is 0. The summed E-state index contributed by atoms with van der Waals surface area (Å²) in [6.07, 6.45) is 3.76. The van der Waals surface area contributed by atoms with Crippen molar-refractivity contribution in [3.05, 3.63) is 66.0 Å². The molecule has 0 fully saturated rings. The normalized spacial score (nSPS) is 13.8. The predicted octanol–water partition coefficient (Wildman–Crippen LogP) is 2.72. The van der Waals surface area contributed by atoms with Gasteiger partial charge >= 0.3 is 0 Å². The number of nitrogens with zero attached hydrogens (tertiary/aromatic N) is 3. The number of aromatic nitrogens is 2. The highest BCUT2D eigenvalue weighted by atomic mass is 32.2. The minimum atomic E-state index is -0.209. The second-order valence-corrected chi connectivity index (χ2v) is 6.25. The minimum Gasteiger partial charge on any atom is -0.295 e. The zero-order valence-corrected chi connectivity index (χ0v) is 13.0. The quantitative estimate of drug-likeness (QED) is 0.547. The van der Waals surface area contributed by atoms with Crippen molar-refractivity contribution in [1.29, 1.82) is 0 Å². The van der Waals surface area contributed by atoms with E-state index in [1.807, 2.05) is 35.0 Å². The molecule has 1 aromatic carbocycles. The Labute approximate surface area is 136 Å². The molecule has 0 radical (unpaired) electrons. The lowest BCUT2D eigenvalue weighted by Gasteiger charge is -2.12. The Morgan fingerprint density at radius 3 is 2.39 bits per heavy atom. The SMILES string of the molecule is O=C1c2ccccc2C(=O)N1CCSc1ncc2ccccn12. The number of benzene rings is 1. The molecule has 3 aromatic rings. The largest absolute Gasteiger partial charge is 0.295 e. The molecule has 2 aromatic heterocycles. The van der Waals surface area contributed by atoms with Gasteiger partial charge in [0.1, 0.15) is 0 Å². The van der Waals surface area contributed by atoms with Crippen LogP contribution in [0.2, 0.25) is 0 Å². The molecular weight excluding hydrogens is 310 g/mol. The number of imidazole rings is 1. The Kier molecular flexibility index (Phi) is 3.38. The van der Waals surface area contributed by atoms with Crippen molar-refractivity contribution in [2.45, 2.75) is 5.16 Å². The third-order valence-corrected chi connectivity index (χ3v) is 4.78. The monoisotopic (exact) mass is 323 g/mol. The summed E-state index contributed by atoms with van der Waals surface area (Å²) in [5, 5.41) is 0.859. The summed E-state index contributed by atoms with van der Waals surface area (Å²) in [6, 6.07) is 12.8. The molecule has 23 heavy (non-hydrogen) atoms. The van der Waals surface area contributed by atoms with Crippen molar-refractivity contribution >= 4 is 29.1 Å². The van der Waals surface area contributed by atoms with Crippen LogP contribution in [0.3, 0.4) is 0 Å². The molecule has 4 rings (SSSR count). The zero-order chi connectivity index (χ0) is 15.8. The van der Waals surface area contributed by atoms with Gasteiger partial charge in [0.2, 0.25) is 0 Å². The van der Waals surface area contributed by atoms with E-state index in [9.17, 15) is 9.59 Å². The zero-order valence-electron chi connectivity index (χ0n) is 12.2.